The lowest BCUT2D eigenvalue weighted by Crippen LogP contribution is -2.44. The molecule has 0 aliphatic carbocycles. The summed E-state index contributed by atoms with van der Waals surface area (Å²) in [4.78, 5) is 33.5. The minimum absolute atomic E-state index is 0.0780. The smallest absolute Gasteiger partial charge is 0.284 e. The van der Waals surface area contributed by atoms with Gasteiger partial charge in [-0.25, -0.2) is 8.78 Å². The van der Waals surface area contributed by atoms with Crippen molar-refractivity contribution in [1.29, 1.82) is 0 Å². The first kappa shape index (κ1) is 20.7. The summed E-state index contributed by atoms with van der Waals surface area (Å²) in [5, 5.41) is 16.7. The molecule has 2 N–H and O–H groups in total. The van der Waals surface area contributed by atoms with Crippen LogP contribution >= 0.6 is 0 Å². The Morgan fingerprint density at radius 1 is 1.26 bits per heavy atom. The lowest BCUT2D eigenvalue weighted by atomic mass is 10.1. The van der Waals surface area contributed by atoms with Crippen molar-refractivity contribution in [2.24, 2.45) is 0 Å². The van der Waals surface area contributed by atoms with Gasteiger partial charge in [-0.2, -0.15) is 9.78 Å². The van der Waals surface area contributed by atoms with E-state index in [0.717, 1.165) is 10.7 Å². The molecule has 11 heteroatoms. The van der Waals surface area contributed by atoms with Crippen LogP contribution in [0, 0.1) is 0 Å². The first-order valence-corrected chi connectivity index (χ1v) is 9.30. The molecule has 0 bridgehead atoms. The standard InChI is InChI=1S/C20H17F2N5O4/c21-18(22)14-4-3-11(7-24-14)15-6-13(19(29)25-16-9-31-10-17(16)28)20(30)27(26-15)12-2-1-5-23-8-12/h1-8,16-18,28H,9-10H2,(H,25,29). The van der Waals surface area contributed by atoms with Crippen LogP contribution in [0.4, 0.5) is 8.78 Å². The summed E-state index contributed by atoms with van der Waals surface area (Å²) >= 11 is 0. The topological polar surface area (TPSA) is 119 Å². The van der Waals surface area contributed by atoms with Crippen molar-refractivity contribution in [1.82, 2.24) is 25.1 Å². The third kappa shape index (κ3) is 4.32. The van der Waals surface area contributed by atoms with E-state index in [9.17, 15) is 23.5 Å². The number of nitrogens with zero attached hydrogens (tertiary/aromatic N) is 4. The van der Waals surface area contributed by atoms with Gasteiger partial charge in [0.2, 0.25) is 0 Å². The fraction of sp³-hybridized carbons (Fsp3) is 0.250. The summed E-state index contributed by atoms with van der Waals surface area (Å²) in [7, 11) is 0. The normalized spacial score (nSPS) is 18.3. The van der Waals surface area contributed by atoms with E-state index in [1.807, 2.05) is 0 Å². The number of rotatable bonds is 5. The van der Waals surface area contributed by atoms with Crippen LogP contribution in [0.5, 0.6) is 0 Å². The summed E-state index contributed by atoms with van der Waals surface area (Å²) in [5.41, 5.74) is -0.543. The number of alkyl halides is 2. The molecule has 3 aromatic heterocycles. The van der Waals surface area contributed by atoms with Crippen molar-refractivity contribution >= 4 is 5.91 Å². The van der Waals surface area contributed by atoms with Gasteiger partial charge in [-0.05, 0) is 30.3 Å². The van der Waals surface area contributed by atoms with Crippen LogP contribution in [0.15, 0.2) is 53.7 Å². The average molecular weight is 429 g/mol. The molecule has 4 rings (SSSR count). The van der Waals surface area contributed by atoms with E-state index in [-0.39, 0.29) is 24.5 Å². The molecule has 2 unspecified atom stereocenters. The van der Waals surface area contributed by atoms with Crippen molar-refractivity contribution in [2.75, 3.05) is 13.2 Å². The van der Waals surface area contributed by atoms with Gasteiger partial charge in [-0.1, -0.05) is 0 Å². The molecule has 4 heterocycles. The molecule has 1 fully saturated rings. The maximum atomic E-state index is 13.0. The lowest BCUT2D eigenvalue weighted by Gasteiger charge is -2.15. The van der Waals surface area contributed by atoms with E-state index in [1.54, 1.807) is 12.1 Å². The Hall–Kier alpha value is -3.57. The van der Waals surface area contributed by atoms with Gasteiger partial charge in [0.05, 0.1) is 42.9 Å². The zero-order valence-corrected chi connectivity index (χ0v) is 16.0. The molecule has 31 heavy (non-hydrogen) atoms. The minimum Gasteiger partial charge on any atom is -0.388 e. The molecule has 2 atom stereocenters. The van der Waals surface area contributed by atoms with Crippen LogP contribution in [0.3, 0.4) is 0 Å². The van der Waals surface area contributed by atoms with Gasteiger partial charge in [-0.15, -0.1) is 0 Å². The Balaban J connectivity index is 1.79. The van der Waals surface area contributed by atoms with E-state index in [1.165, 1.54) is 30.7 Å². The van der Waals surface area contributed by atoms with Gasteiger partial charge in [0.25, 0.3) is 17.9 Å². The van der Waals surface area contributed by atoms with Gasteiger partial charge < -0.3 is 15.2 Å². The summed E-state index contributed by atoms with van der Waals surface area (Å²) in [6, 6.07) is 6.30. The predicted molar refractivity (Wildman–Crippen MR) is 104 cm³/mol. The number of ether oxygens (including phenoxy) is 1. The number of carbonyl (C=O) groups is 1. The van der Waals surface area contributed by atoms with Gasteiger partial charge in [-0.3, -0.25) is 19.6 Å². The van der Waals surface area contributed by atoms with Crippen LogP contribution in [-0.2, 0) is 4.74 Å². The molecule has 9 nitrogen and oxygen atoms in total. The second-order valence-corrected chi connectivity index (χ2v) is 6.83. The van der Waals surface area contributed by atoms with Crippen LogP contribution in [-0.4, -0.2) is 56.1 Å². The number of hydrogen-bond donors (Lipinski definition) is 2. The summed E-state index contributed by atoms with van der Waals surface area (Å²) in [6.45, 7) is 0.190. The number of aromatic nitrogens is 4. The zero-order valence-electron chi connectivity index (χ0n) is 16.0. The van der Waals surface area contributed by atoms with E-state index >= 15 is 0 Å². The number of aliphatic hydroxyl groups is 1. The molecule has 0 saturated carbocycles. The highest BCUT2D eigenvalue weighted by Gasteiger charge is 2.29. The number of aliphatic hydroxyl groups excluding tert-OH is 1. The van der Waals surface area contributed by atoms with Crippen molar-refractivity contribution < 1.29 is 23.4 Å². The van der Waals surface area contributed by atoms with Crippen molar-refractivity contribution in [3.8, 4) is 16.9 Å². The SMILES string of the molecule is O=C(NC1COCC1O)c1cc(-c2ccc(C(F)F)nc2)nn(-c2cccnc2)c1=O. The Morgan fingerprint density at radius 2 is 2.10 bits per heavy atom. The van der Waals surface area contributed by atoms with Crippen LogP contribution in [0.2, 0.25) is 0 Å². The van der Waals surface area contributed by atoms with Gasteiger partial charge in [0.1, 0.15) is 11.3 Å². The highest BCUT2D eigenvalue weighted by Crippen LogP contribution is 2.21. The third-order valence-corrected chi connectivity index (χ3v) is 4.72. The summed E-state index contributed by atoms with van der Waals surface area (Å²) in [5.74, 6) is -0.724. The molecule has 1 aliphatic rings. The van der Waals surface area contributed by atoms with E-state index < -0.39 is 35.7 Å². The molecule has 1 aliphatic heterocycles. The second-order valence-electron chi connectivity index (χ2n) is 6.83. The van der Waals surface area contributed by atoms with Crippen molar-refractivity contribution in [2.45, 2.75) is 18.6 Å². The highest BCUT2D eigenvalue weighted by atomic mass is 19.3. The molecular weight excluding hydrogens is 412 g/mol. The Morgan fingerprint density at radius 3 is 2.71 bits per heavy atom. The Labute approximate surface area is 174 Å². The van der Waals surface area contributed by atoms with Gasteiger partial charge >= 0.3 is 0 Å². The molecular formula is C20H17F2N5O4. The number of carbonyl (C=O) groups excluding carboxylic acids is 1. The summed E-state index contributed by atoms with van der Waals surface area (Å²) < 4.78 is 31.8. The number of nitrogens with one attached hydrogen (secondary N) is 1. The van der Waals surface area contributed by atoms with Crippen molar-refractivity contribution in [3.63, 3.8) is 0 Å². The minimum atomic E-state index is -2.73. The maximum absolute atomic E-state index is 13.0. The first-order chi connectivity index (χ1) is 14.9. The first-order valence-electron chi connectivity index (χ1n) is 9.30. The molecule has 1 amide bonds. The third-order valence-electron chi connectivity index (χ3n) is 4.72. The zero-order chi connectivity index (χ0) is 22.0. The summed E-state index contributed by atoms with van der Waals surface area (Å²) in [6.07, 6.45) is 0.482. The molecule has 0 radical (unpaired) electrons. The van der Waals surface area contributed by atoms with E-state index in [2.05, 4.69) is 20.4 Å². The highest BCUT2D eigenvalue weighted by molar-refractivity contribution is 5.95. The number of pyridine rings is 2. The Kier molecular flexibility index (Phi) is 5.78. The van der Waals surface area contributed by atoms with Crippen LogP contribution in [0.1, 0.15) is 22.5 Å². The fourth-order valence-corrected chi connectivity index (χ4v) is 3.07. The van der Waals surface area contributed by atoms with Gasteiger partial charge in [0.15, 0.2) is 0 Å². The molecule has 0 spiro atoms. The Bertz CT molecular complexity index is 1140. The predicted octanol–water partition coefficient (Wildman–Crippen LogP) is 1.12. The van der Waals surface area contributed by atoms with E-state index in [0.29, 0.717) is 11.3 Å². The van der Waals surface area contributed by atoms with Crippen molar-refractivity contribution in [3.05, 3.63) is 70.5 Å². The van der Waals surface area contributed by atoms with Crippen LogP contribution < -0.4 is 10.9 Å². The lowest BCUT2D eigenvalue weighted by molar-refractivity contribution is 0.0884. The van der Waals surface area contributed by atoms with Gasteiger partial charge in [0, 0.05) is 18.0 Å². The monoisotopic (exact) mass is 429 g/mol. The van der Waals surface area contributed by atoms with E-state index in [4.69, 9.17) is 4.74 Å². The molecule has 160 valence electrons. The quantitative estimate of drug-likeness (QED) is 0.624. The maximum Gasteiger partial charge on any atom is 0.284 e. The average Bonchev–Trinajstić information content (AvgIpc) is 3.18. The molecule has 0 aromatic carbocycles. The number of halogens is 2. The molecule has 1 saturated heterocycles. The number of hydrogen-bond acceptors (Lipinski definition) is 7. The second kappa shape index (κ2) is 8.66. The number of amides is 1. The fourth-order valence-electron chi connectivity index (χ4n) is 3.07. The van der Waals surface area contributed by atoms with Crippen LogP contribution in [0.25, 0.3) is 16.9 Å². The largest absolute Gasteiger partial charge is 0.388 e. The molecule has 3 aromatic rings.